The molecule has 4 aromatic heterocycles. The lowest BCUT2D eigenvalue weighted by Gasteiger charge is -2.47. The van der Waals surface area contributed by atoms with Crippen molar-refractivity contribution < 1.29 is 0 Å². The molecule has 0 amide bonds. The molecule has 10 nitrogen and oxygen atoms in total. The van der Waals surface area contributed by atoms with Gasteiger partial charge in [-0.3, -0.25) is 29.5 Å². The molecule has 4 aliphatic rings. The van der Waals surface area contributed by atoms with Crippen LogP contribution in [-0.2, 0) is 0 Å². The average Bonchev–Trinajstić information content (AvgIpc) is 3.32. The summed E-state index contributed by atoms with van der Waals surface area (Å²) in [5.41, 5.74) is 13.0. The zero-order valence-corrected chi connectivity index (χ0v) is 31.9. The summed E-state index contributed by atoms with van der Waals surface area (Å²) in [4.78, 5) is 37.2. The number of aromatic nitrogens is 5. The number of hydrogen-bond acceptors (Lipinski definition) is 10. The lowest BCUT2D eigenvalue weighted by Crippen LogP contribution is -2.62. The van der Waals surface area contributed by atoms with Crippen LogP contribution < -0.4 is 40.9 Å². The highest BCUT2D eigenvalue weighted by Gasteiger charge is 2.48. The third kappa shape index (κ3) is 4.51. The van der Waals surface area contributed by atoms with Crippen molar-refractivity contribution in [2.45, 2.75) is 0 Å². The lowest BCUT2D eigenvalue weighted by atomic mass is 9.34. The van der Waals surface area contributed by atoms with E-state index in [1.807, 2.05) is 42.9 Å². The van der Waals surface area contributed by atoms with E-state index in [0.29, 0.717) is 0 Å². The first kappa shape index (κ1) is 32.7. The lowest BCUT2D eigenvalue weighted by molar-refractivity contribution is 1.04. The first-order chi connectivity index (χ1) is 29.8. The molecule has 5 aromatic carbocycles. The zero-order chi connectivity index (χ0) is 39.3. The summed E-state index contributed by atoms with van der Waals surface area (Å²) in [5.74, 6) is 4.02. The fourth-order valence-corrected chi connectivity index (χ4v) is 9.51. The molecule has 8 heterocycles. The van der Waals surface area contributed by atoms with Gasteiger partial charge >= 0.3 is 0 Å². The van der Waals surface area contributed by atoms with Crippen molar-refractivity contribution in [3.05, 3.63) is 189 Å². The molecule has 280 valence electrons. The molecule has 0 saturated heterocycles. The van der Waals surface area contributed by atoms with Gasteiger partial charge < -0.3 is 0 Å². The molecule has 9 aromatic rings. The predicted octanol–water partition coefficient (Wildman–Crippen LogP) is 9.78. The van der Waals surface area contributed by atoms with Crippen molar-refractivity contribution in [3.63, 3.8) is 0 Å². The molecular formula is C49H31BN10. The minimum absolute atomic E-state index is 0.284. The minimum Gasteiger partial charge on any atom is -0.299 e. The molecule has 0 radical (unpaired) electrons. The predicted molar refractivity (Wildman–Crippen MR) is 241 cm³/mol. The van der Waals surface area contributed by atoms with Crippen molar-refractivity contribution in [2.24, 2.45) is 0 Å². The van der Waals surface area contributed by atoms with Gasteiger partial charge in [0.05, 0.1) is 28.4 Å². The van der Waals surface area contributed by atoms with Gasteiger partial charge in [0.25, 0.3) is 6.71 Å². The Bertz CT molecular complexity index is 2940. The van der Waals surface area contributed by atoms with Crippen molar-refractivity contribution in [2.75, 3.05) is 24.5 Å². The highest BCUT2D eigenvalue weighted by atomic mass is 15.4. The van der Waals surface area contributed by atoms with Gasteiger partial charge in [-0.1, -0.05) is 78.9 Å². The van der Waals surface area contributed by atoms with Crippen LogP contribution in [0.25, 0.3) is 0 Å². The Hall–Kier alpha value is -8.31. The number of hydrogen-bond donors (Lipinski definition) is 0. The molecule has 0 atom stereocenters. The molecule has 4 aliphatic heterocycles. The summed E-state index contributed by atoms with van der Waals surface area (Å²) < 4.78 is 0. The van der Waals surface area contributed by atoms with E-state index in [2.05, 4.69) is 164 Å². The van der Waals surface area contributed by atoms with Crippen molar-refractivity contribution in [1.82, 2.24) is 24.9 Å². The van der Waals surface area contributed by atoms with Crippen LogP contribution in [0, 0.1) is 0 Å². The van der Waals surface area contributed by atoms with Crippen LogP contribution in [0.3, 0.4) is 0 Å². The third-order valence-electron chi connectivity index (χ3n) is 11.9. The second-order valence-electron chi connectivity index (χ2n) is 15.1. The maximum atomic E-state index is 5.85. The molecule has 0 unspecified atom stereocenters. The maximum Gasteiger partial charge on any atom is 0.260 e. The molecular weight excluding hydrogens is 739 g/mol. The third-order valence-corrected chi connectivity index (χ3v) is 11.9. The van der Waals surface area contributed by atoms with E-state index in [9.17, 15) is 0 Å². The Labute approximate surface area is 346 Å². The van der Waals surface area contributed by atoms with Gasteiger partial charge in [0.1, 0.15) is 23.8 Å². The fraction of sp³-hybridized carbons (Fsp3) is 0. The number of nitrogens with zero attached hydrogens (tertiary/aromatic N) is 10. The van der Waals surface area contributed by atoms with Crippen molar-refractivity contribution in [1.29, 1.82) is 0 Å². The largest absolute Gasteiger partial charge is 0.299 e. The molecule has 0 fully saturated rings. The minimum atomic E-state index is -0.284. The Kier molecular flexibility index (Phi) is 6.87. The SMILES string of the molecule is c1ccc(N2c3cccc4c3N(c3cccnc32)c2cc3c(nc2N4c2ccccc2)N(c2ccccc2)c2ncnc4c2B3c2cnccc2N4c2ccccc2)cc1. The molecule has 0 N–H and O–H groups in total. The summed E-state index contributed by atoms with van der Waals surface area (Å²) in [7, 11) is 0. The monoisotopic (exact) mass is 770 g/mol. The van der Waals surface area contributed by atoms with Crippen molar-refractivity contribution in [3.8, 4) is 0 Å². The topological polar surface area (TPSA) is 80.7 Å². The Balaban J connectivity index is 1.14. The second-order valence-corrected chi connectivity index (χ2v) is 15.1. The summed E-state index contributed by atoms with van der Waals surface area (Å²) in [5, 5.41) is 0. The van der Waals surface area contributed by atoms with Crippen LogP contribution in [0.1, 0.15) is 0 Å². The number of pyridine rings is 3. The van der Waals surface area contributed by atoms with Gasteiger partial charge in [-0.2, -0.15) is 0 Å². The normalized spacial score (nSPS) is 13.8. The fourth-order valence-electron chi connectivity index (χ4n) is 9.51. The summed E-state index contributed by atoms with van der Waals surface area (Å²) in [6.07, 6.45) is 7.41. The molecule has 0 aliphatic carbocycles. The van der Waals surface area contributed by atoms with E-state index in [-0.39, 0.29) is 6.71 Å². The van der Waals surface area contributed by atoms with Gasteiger partial charge in [-0.05, 0) is 95.9 Å². The summed E-state index contributed by atoms with van der Waals surface area (Å²) in [6.45, 7) is -0.284. The quantitative estimate of drug-likeness (QED) is 0.162. The number of benzene rings is 5. The average molecular weight is 771 g/mol. The van der Waals surface area contributed by atoms with E-state index in [4.69, 9.17) is 24.9 Å². The first-order valence-electron chi connectivity index (χ1n) is 20.0. The first-order valence-corrected chi connectivity index (χ1v) is 20.0. The summed E-state index contributed by atoms with van der Waals surface area (Å²) in [6, 6.07) is 56.9. The van der Waals surface area contributed by atoms with Crippen LogP contribution >= 0.6 is 0 Å². The highest BCUT2D eigenvalue weighted by Crippen LogP contribution is 2.62. The van der Waals surface area contributed by atoms with Gasteiger partial charge in [0, 0.05) is 52.5 Å². The van der Waals surface area contributed by atoms with Gasteiger partial charge in [-0.25, -0.2) is 19.9 Å². The molecule has 0 bridgehead atoms. The summed E-state index contributed by atoms with van der Waals surface area (Å²) >= 11 is 0. The van der Waals surface area contributed by atoms with E-state index >= 15 is 0 Å². The van der Waals surface area contributed by atoms with Crippen LogP contribution in [0.2, 0.25) is 0 Å². The van der Waals surface area contributed by atoms with E-state index in [1.54, 1.807) is 6.33 Å². The van der Waals surface area contributed by atoms with Crippen molar-refractivity contribution >= 4 is 109 Å². The number of para-hydroxylation sites is 5. The molecule has 0 spiro atoms. The second kappa shape index (κ2) is 12.6. The highest BCUT2D eigenvalue weighted by molar-refractivity contribution is 7.00. The molecule has 13 rings (SSSR count). The van der Waals surface area contributed by atoms with Crippen LogP contribution in [-0.4, -0.2) is 31.6 Å². The maximum absolute atomic E-state index is 5.85. The Morgan fingerprint density at radius 1 is 0.367 bits per heavy atom. The smallest absolute Gasteiger partial charge is 0.260 e. The zero-order valence-electron chi connectivity index (χ0n) is 31.9. The van der Waals surface area contributed by atoms with Crippen LogP contribution in [0.4, 0.5) is 86.0 Å². The number of fused-ring (bicyclic) bond motifs is 8. The Morgan fingerprint density at radius 3 is 1.55 bits per heavy atom. The number of rotatable bonds is 4. The Morgan fingerprint density at radius 2 is 0.917 bits per heavy atom. The van der Waals surface area contributed by atoms with Crippen LogP contribution in [0.15, 0.2) is 189 Å². The van der Waals surface area contributed by atoms with Crippen LogP contribution in [0.5, 0.6) is 0 Å². The van der Waals surface area contributed by atoms with Gasteiger partial charge in [0.2, 0.25) is 0 Å². The molecule has 11 heteroatoms. The van der Waals surface area contributed by atoms with Gasteiger partial charge in [0.15, 0.2) is 11.6 Å². The van der Waals surface area contributed by atoms with E-state index < -0.39 is 0 Å². The number of anilines is 15. The standard InChI is InChI=1S/C49H31BN10/c1-5-15-32(16-6-1)56-38-26-28-51-30-37(38)50-36-29-42-47(55-45(36)59(35-21-11-4-12-22-35)49-43(50)48(56)53-31-54-49)58(34-19-9-3-10-20-34)40-24-13-23-39-44(40)60(42)41-25-14-27-52-46(41)57(39)33-17-7-2-8-18-33/h1-31H. The van der Waals surface area contributed by atoms with E-state index in [1.165, 1.54) is 0 Å². The molecule has 0 saturated carbocycles. The van der Waals surface area contributed by atoms with E-state index in [0.717, 1.165) is 102 Å². The van der Waals surface area contributed by atoms with Gasteiger partial charge in [-0.15, -0.1) is 0 Å². The molecule has 60 heavy (non-hydrogen) atoms.